The molecule has 1 atom stereocenters. The van der Waals surface area contributed by atoms with E-state index in [9.17, 15) is 9.18 Å². The van der Waals surface area contributed by atoms with Gasteiger partial charge in [-0.05, 0) is 51.7 Å². The lowest BCUT2D eigenvalue weighted by Gasteiger charge is -2.23. The summed E-state index contributed by atoms with van der Waals surface area (Å²) in [7, 11) is 0. The van der Waals surface area contributed by atoms with E-state index in [0.717, 1.165) is 5.56 Å². The second-order valence-corrected chi connectivity index (χ2v) is 5.93. The van der Waals surface area contributed by atoms with Gasteiger partial charge in [0.1, 0.15) is 10.4 Å². The Bertz CT molecular complexity index is 611. The Morgan fingerprint density at radius 3 is 2.38 bits per heavy atom. The van der Waals surface area contributed by atoms with Crippen molar-refractivity contribution in [2.75, 3.05) is 0 Å². The zero-order valence-corrected chi connectivity index (χ0v) is 13.4. The van der Waals surface area contributed by atoms with Gasteiger partial charge in [0.05, 0.1) is 11.6 Å². The van der Waals surface area contributed by atoms with Gasteiger partial charge in [-0.15, -0.1) is 0 Å². The van der Waals surface area contributed by atoms with Crippen molar-refractivity contribution < 1.29 is 9.18 Å². The number of halogens is 2. The van der Waals surface area contributed by atoms with Crippen LogP contribution in [0.15, 0.2) is 47.2 Å². The largest absolute Gasteiger partial charge is 0.345 e. The molecule has 0 saturated carbocycles. The van der Waals surface area contributed by atoms with Crippen molar-refractivity contribution in [1.82, 2.24) is 10.3 Å². The maximum Gasteiger partial charge on any atom is 0.253 e. The summed E-state index contributed by atoms with van der Waals surface area (Å²) in [4.78, 5) is 16.3. The molecule has 5 heteroatoms. The molecule has 110 valence electrons. The third-order valence-electron chi connectivity index (χ3n) is 3.17. The minimum atomic E-state index is -0.287. The van der Waals surface area contributed by atoms with Crippen molar-refractivity contribution in [2.24, 2.45) is 5.92 Å². The Kier molecular flexibility index (Phi) is 5.07. The SMILES string of the molecule is CC(C)C(NC(=O)c1ccc(Br)nc1)c1ccc(F)cc1. The molecule has 21 heavy (non-hydrogen) atoms. The second kappa shape index (κ2) is 6.80. The van der Waals surface area contributed by atoms with E-state index in [1.54, 1.807) is 24.3 Å². The van der Waals surface area contributed by atoms with Crippen molar-refractivity contribution in [1.29, 1.82) is 0 Å². The fraction of sp³-hybridized carbons (Fsp3) is 0.250. The van der Waals surface area contributed by atoms with Crippen molar-refractivity contribution >= 4 is 21.8 Å². The van der Waals surface area contributed by atoms with Crippen LogP contribution in [0.1, 0.15) is 35.8 Å². The Labute approximate surface area is 131 Å². The topological polar surface area (TPSA) is 42.0 Å². The lowest BCUT2D eigenvalue weighted by Crippen LogP contribution is -2.31. The number of nitrogens with zero attached hydrogens (tertiary/aromatic N) is 1. The molecule has 1 aromatic carbocycles. The Balaban J connectivity index is 2.18. The van der Waals surface area contributed by atoms with Gasteiger partial charge < -0.3 is 5.32 Å². The summed E-state index contributed by atoms with van der Waals surface area (Å²) in [5.74, 6) is -0.300. The van der Waals surface area contributed by atoms with Crippen LogP contribution in [0.25, 0.3) is 0 Å². The number of aromatic nitrogens is 1. The van der Waals surface area contributed by atoms with Gasteiger partial charge in [-0.2, -0.15) is 0 Å². The van der Waals surface area contributed by atoms with E-state index < -0.39 is 0 Å². The van der Waals surface area contributed by atoms with Gasteiger partial charge in [0, 0.05) is 6.20 Å². The Morgan fingerprint density at radius 1 is 1.19 bits per heavy atom. The summed E-state index contributed by atoms with van der Waals surface area (Å²) < 4.78 is 13.7. The molecule has 0 aliphatic carbocycles. The summed E-state index contributed by atoms with van der Waals surface area (Å²) in [6, 6.07) is 9.43. The molecule has 0 aliphatic rings. The molecular formula is C16H16BrFN2O. The lowest BCUT2D eigenvalue weighted by atomic mass is 9.95. The maximum absolute atomic E-state index is 13.0. The van der Waals surface area contributed by atoms with E-state index >= 15 is 0 Å². The van der Waals surface area contributed by atoms with E-state index in [0.29, 0.717) is 10.2 Å². The Hall–Kier alpha value is -1.75. The first-order valence-corrected chi connectivity index (χ1v) is 7.44. The summed E-state index contributed by atoms with van der Waals surface area (Å²) in [6.07, 6.45) is 1.52. The van der Waals surface area contributed by atoms with Gasteiger partial charge in [0.15, 0.2) is 0 Å². The second-order valence-electron chi connectivity index (χ2n) is 5.12. The van der Waals surface area contributed by atoms with Crippen LogP contribution in [-0.2, 0) is 0 Å². The van der Waals surface area contributed by atoms with Crippen molar-refractivity contribution in [3.8, 4) is 0 Å². The molecule has 1 unspecified atom stereocenters. The van der Waals surface area contributed by atoms with E-state index in [1.165, 1.54) is 18.3 Å². The highest BCUT2D eigenvalue weighted by atomic mass is 79.9. The standard InChI is InChI=1S/C16H16BrFN2O/c1-10(2)15(11-3-6-13(18)7-4-11)20-16(21)12-5-8-14(17)19-9-12/h3-10,15H,1-2H3,(H,20,21). The first kappa shape index (κ1) is 15.6. The molecule has 2 aromatic rings. The number of amides is 1. The molecular weight excluding hydrogens is 335 g/mol. The van der Waals surface area contributed by atoms with Crippen LogP contribution in [0, 0.1) is 11.7 Å². The minimum absolute atomic E-state index is 0.179. The highest BCUT2D eigenvalue weighted by molar-refractivity contribution is 9.10. The monoisotopic (exact) mass is 350 g/mol. The third-order valence-corrected chi connectivity index (χ3v) is 3.64. The molecule has 0 fully saturated rings. The predicted octanol–water partition coefficient (Wildman–Crippen LogP) is 4.11. The van der Waals surface area contributed by atoms with Crippen LogP contribution in [0.4, 0.5) is 4.39 Å². The molecule has 3 nitrogen and oxygen atoms in total. The molecule has 0 bridgehead atoms. The van der Waals surface area contributed by atoms with Crippen molar-refractivity contribution in [3.05, 3.63) is 64.1 Å². The van der Waals surface area contributed by atoms with Gasteiger partial charge in [0.2, 0.25) is 0 Å². The number of nitrogens with one attached hydrogen (secondary N) is 1. The number of hydrogen-bond acceptors (Lipinski definition) is 2. The third kappa shape index (κ3) is 4.11. The predicted molar refractivity (Wildman–Crippen MR) is 83.4 cm³/mol. The average Bonchev–Trinajstić information content (AvgIpc) is 2.46. The van der Waals surface area contributed by atoms with E-state index in [1.807, 2.05) is 13.8 Å². The summed E-state index contributed by atoms with van der Waals surface area (Å²) >= 11 is 3.23. The average molecular weight is 351 g/mol. The van der Waals surface area contributed by atoms with E-state index in [2.05, 4.69) is 26.2 Å². The number of benzene rings is 1. The van der Waals surface area contributed by atoms with Crippen LogP contribution < -0.4 is 5.32 Å². The smallest absolute Gasteiger partial charge is 0.253 e. The fourth-order valence-corrected chi connectivity index (χ4v) is 2.27. The first-order chi connectivity index (χ1) is 9.97. The van der Waals surface area contributed by atoms with Crippen LogP contribution in [0.2, 0.25) is 0 Å². The highest BCUT2D eigenvalue weighted by Crippen LogP contribution is 2.22. The van der Waals surface area contributed by atoms with Crippen LogP contribution in [0.5, 0.6) is 0 Å². The number of hydrogen-bond donors (Lipinski definition) is 1. The molecule has 1 amide bonds. The minimum Gasteiger partial charge on any atom is -0.345 e. The van der Waals surface area contributed by atoms with E-state index in [4.69, 9.17) is 0 Å². The van der Waals surface area contributed by atoms with Crippen LogP contribution >= 0.6 is 15.9 Å². The molecule has 0 aliphatic heterocycles. The molecule has 1 N–H and O–H groups in total. The number of pyridine rings is 1. The molecule has 1 heterocycles. The molecule has 0 spiro atoms. The summed E-state index contributed by atoms with van der Waals surface area (Å²) in [6.45, 7) is 4.02. The van der Waals surface area contributed by atoms with Gasteiger partial charge in [-0.25, -0.2) is 9.37 Å². The Morgan fingerprint density at radius 2 is 1.86 bits per heavy atom. The van der Waals surface area contributed by atoms with Crippen molar-refractivity contribution in [2.45, 2.75) is 19.9 Å². The quantitative estimate of drug-likeness (QED) is 0.843. The maximum atomic E-state index is 13.0. The normalized spacial score (nSPS) is 12.2. The first-order valence-electron chi connectivity index (χ1n) is 6.65. The fourth-order valence-electron chi connectivity index (χ4n) is 2.04. The molecule has 0 radical (unpaired) electrons. The lowest BCUT2D eigenvalue weighted by molar-refractivity contribution is 0.0925. The van der Waals surface area contributed by atoms with Gasteiger partial charge in [-0.3, -0.25) is 4.79 Å². The van der Waals surface area contributed by atoms with Gasteiger partial charge in [-0.1, -0.05) is 26.0 Å². The van der Waals surface area contributed by atoms with Crippen molar-refractivity contribution in [3.63, 3.8) is 0 Å². The number of carbonyl (C=O) groups is 1. The summed E-state index contributed by atoms with van der Waals surface area (Å²) in [5.41, 5.74) is 1.37. The van der Waals surface area contributed by atoms with E-state index in [-0.39, 0.29) is 23.7 Å². The molecule has 1 aromatic heterocycles. The molecule has 2 rings (SSSR count). The number of carbonyl (C=O) groups excluding carboxylic acids is 1. The zero-order chi connectivity index (χ0) is 15.4. The highest BCUT2D eigenvalue weighted by Gasteiger charge is 2.19. The molecule has 0 saturated heterocycles. The van der Waals surface area contributed by atoms with Crippen LogP contribution in [0.3, 0.4) is 0 Å². The van der Waals surface area contributed by atoms with Crippen LogP contribution in [-0.4, -0.2) is 10.9 Å². The number of rotatable bonds is 4. The summed E-state index contributed by atoms with van der Waals surface area (Å²) in [5, 5.41) is 2.97. The van der Waals surface area contributed by atoms with Gasteiger partial charge >= 0.3 is 0 Å². The zero-order valence-electron chi connectivity index (χ0n) is 11.8. The van der Waals surface area contributed by atoms with Gasteiger partial charge in [0.25, 0.3) is 5.91 Å².